The van der Waals surface area contributed by atoms with Crippen molar-refractivity contribution in [3.05, 3.63) is 58.3 Å². The van der Waals surface area contributed by atoms with Crippen molar-refractivity contribution < 1.29 is 23.8 Å². The monoisotopic (exact) mass is 429 g/mol. The number of aromatic nitrogens is 1. The summed E-state index contributed by atoms with van der Waals surface area (Å²) in [6, 6.07) is 11.5. The molecule has 1 N–H and O–H groups in total. The molecule has 0 saturated heterocycles. The predicted molar refractivity (Wildman–Crippen MR) is 116 cm³/mol. The van der Waals surface area contributed by atoms with E-state index >= 15 is 0 Å². The summed E-state index contributed by atoms with van der Waals surface area (Å²) in [6.45, 7) is 8.21. The molecule has 2 aromatic heterocycles. The molecule has 0 bridgehead atoms. The number of carboxylic acid groups (broad SMARTS) is 1. The Balaban J connectivity index is 1.65. The van der Waals surface area contributed by atoms with Gasteiger partial charge in [-0.2, -0.15) is 0 Å². The van der Waals surface area contributed by atoms with E-state index in [1.165, 1.54) is 4.88 Å². The smallest absolute Gasteiger partial charge is 0.336 e. The SMILES string of the molecule is CCO[C@@](CC)(Cc1ccc(OCc2nc(-c3ccc(C)s3)oc2C)cc1)C(=O)O. The van der Waals surface area contributed by atoms with Crippen molar-refractivity contribution in [3.8, 4) is 16.5 Å². The zero-order valence-electron chi connectivity index (χ0n) is 17.7. The zero-order valence-corrected chi connectivity index (χ0v) is 18.5. The largest absolute Gasteiger partial charge is 0.487 e. The molecular weight excluding hydrogens is 402 g/mol. The van der Waals surface area contributed by atoms with Crippen molar-refractivity contribution in [2.75, 3.05) is 6.61 Å². The van der Waals surface area contributed by atoms with Crippen LogP contribution in [0.4, 0.5) is 0 Å². The number of benzene rings is 1. The molecule has 160 valence electrons. The molecule has 2 heterocycles. The van der Waals surface area contributed by atoms with E-state index in [1.54, 1.807) is 18.3 Å². The summed E-state index contributed by atoms with van der Waals surface area (Å²) < 4.78 is 17.2. The number of rotatable bonds is 10. The third kappa shape index (κ3) is 4.91. The molecule has 3 aromatic rings. The molecule has 0 aliphatic carbocycles. The Morgan fingerprint density at radius 2 is 1.90 bits per heavy atom. The van der Waals surface area contributed by atoms with E-state index < -0.39 is 11.6 Å². The molecule has 0 amide bonds. The molecule has 6 nitrogen and oxygen atoms in total. The summed E-state index contributed by atoms with van der Waals surface area (Å²) in [5.41, 5.74) is 0.436. The summed E-state index contributed by atoms with van der Waals surface area (Å²) in [6.07, 6.45) is 0.699. The third-order valence-corrected chi connectivity index (χ3v) is 6.00. The lowest BCUT2D eigenvalue weighted by Crippen LogP contribution is -2.43. The fraction of sp³-hybridized carbons (Fsp3) is 0.391. The van der Waals surface area contributed by atoms with E-state index in [0.29, 0.717) is 37.7 Å². The van der Waals surface area contributed by atoms with E-state index in [0.717, 1.165) is 21.9 Å². The fourth-order valence-corrected chi connectivity index (χ4v) is 4.04. The van der Waals surface area contributed by atoms with Crippen LogP contribution in [0.3, 0.4) is 0 Å². The molecule has 3 rings (SSSR count). The quantitative estimate of drug-likeness (QED) is 0.464. The minimum absolute atomic E-state index is 0.298. The van der Waals surface area contributed by atoms with Crippen LogP contribution in [0.25, 0.3) is 10.8 Å². The molecule has 0 unspecified atom stereocenters. The van der Waals surface area contributed by atoms with Gasteiger partial charge < -0.3 is 19.0 Å². The van der Waals surface area contributed by atoms with Gasteiger partial charge in [-0.1, -0.05) is 19.1 Å². The van der Waals surface area contributed by atoms with Gasteiger partial charge >= 0.3 is 5.97 Å². The minimum Gasteiger partial charge on any atom is -0.487 e. The first-order valence-electron chi connectivity index (χ1n) is 9.99. The van der Waals surface area contributed by atoms with Crippen molar-refractivity contribution in [3.63, 3.8) is 0 Å². The normalized spacial score (nSPS) is 13.2. The number of carboxylic acids is 1. The fourth-order valence-electron chi connectivity index (χ4n) is 3.24. The number of aryl methyl sites for hydroxylation is 2. The van der Waals surface area contributed by atoms with Crippen LogP contribution in [0.15, 0.2) is 40.8 Å². The highest BCUT2D eigenvalue weighted by molar-refractivity contribution is 7.15. The van der Waals surface area contributed by atoms with Gasteiger partial charge in [0.1, 0.15) is 23.8 Å². The highest BCUT2D eigenvalue weighted by Gasteiger charge is 2.37. The second-order valence-corrected chi connectivity index (χ2v) is 8.42. The number of hydrogen-bond acceptors (Lipinski definition) is 6. The predicted octanol–water partition coefficient (Wildman–Crippen LogP) is 5.41. The molecular formula is C23H27NO5S. The summed E-state index contributed by atoms with van der Waals surface area (Å²) >= 11 is 1.64. The van der Waals surface area contributed by atoms with E-state index in [2.05, 4.69) is 4.98 Å². The summed E-state index contributed by atoms with van der Waals surface area (Å²) in [5, 5.41) is 9.63. The number of aliphatic carboxylic acids is 1. The highest BCUT2D eigenvalue weighted by atomic mass is 32.1. The lowest BCUT2D eigenvalue weighted by Gasteiger charge is -2.28. The molecule has 7 heteroatoms. The van der Waals surface area contributed by atoms with Crippen LogP contribution in [0.5, 0.6) is 5.75 Å². The second kappa shape index (κ2) is 9.45. The molecule has 30 heavy (non-hydrogen) atoms. The first-order valence-corrected chi connectivity index (χ1v) is 10.8. The Morgan fingerprint density at radius 3 is 2.47 bits per heavy atom. The van der Waals surface area contributed by atoms with Gasteiger partial charge in [0.25, 0.3) is 0 Å². The Bertz CT molecular complexity index is 991. The number of carbonyl (C=O) groups is 1. The Hall–Kier alpha value is -2.64. The standard InChI is InChI=1S/C23H27NO5S/c1-5-23(22(25)26,28-6-2)13-17-8-10-18(11-9-17)27-14-19-16(4)29-21(24-19)20-12-7-15(3)30-20/h7-12H,5-6,13-14H2,1-4H3,(H,25,26)/t23-/m0/s1. The molecule has 0 saturated carbocycles. The van der Waals surface area contributed by atoms with Gasteiger partial charge in [0, 0.05) is 17.9 Å². The Kier molecular flexibility index (Phi) is 6.95. The maximum absolute atomic E-state index is 11.7. The molecule has 0 spiro atoms. The van der Waals surface area contributed by atoms with Crippen LogP contribution in [0.2, 0.25) is 0 Å². The third-order valence-electron chi connectivity index (χ3n) is 5.01. The van der Waals surface area contributed by atoms with E-state index in [-0.39, 0.29) is 0 Å². The topological polar surface area (TPSA) is 81.8 Å². The van der Waals surface area contributed by atoms with Gasteiger partial charge in [0.15, 0.2) is 5.60 Å². The highest BCUT2D eigenvalue weighted by Crippen LogP contribution is 2.29. The molecule has 1 aromatic carbocycles. The van der Waals surface area contributed by atoms with Crippen molar-refractivity contribution in [2.45, 2.75) is 52.7 Å². The van der Waals surface area contributed by atoms with Gasteiger partial charge in [0.05, 0.1) is 4.88 Å². The molecule has 1 atom stereocenters. The average molecular weight is 430 g/mol. The van der Waals surface area contributed by atoms with Crippen molar-refractivity contribution >= 4 is 17.3 Å². The van der Waals surface area contributed by atoms with Gasteiger partial charge in [-0.25, -0.2) is 9.78 Å². The van der Waals surface area contributed by atoms with Crippen molar-refractivity contribution in [1.82, 2.24) is 4.98 Å². The van der Waals surface area contributed by atoms with Gasteiger partial charge in [-0.3, -0.25) is 0 Å². The lowest BCUT2D eigenvalue weighted by atomic mass is 9.91. The summed E-state index contributed by atoms with van der Waals surface area (Å²) in [7, 11) is 0. The molecule has 0 radical (unpaired) electrons. The van der Waals surface area contributed by atoms with E-state index in [9.17, 15) is 9.90 Å². The number of thiophene rings is 1. The first-order chi connectivity index (χ1) is 14.4. The number of hydrogen-bond donors (Lipinski definition) is 1. The van der Waals surface area contributed by atoms with Crippen molar-refractivity contribution in [2.24, 2.45) is 0 Å². The first kappa shape index (κ1) is 22.1. The van der Waals surface area contributed by atoms with Gasteiger partial charge in [-0.05, 0) is 57.0 Å². The van der Waals surface area contributed by atoms with Crippen LogP contribution in [-0.4, -0.2) is 28.3 Å². The van der Waals surface area contributed by atoms with Crippen LogP contribution >= 0.6 is 11.3 Å². The average Bonchev–Trinajstić information content (AvgIpc) is 3.32. The van der Waals surface area contributed by atoms with Crippen LogP contribution in [-0.2, 0) is 22.6 Å². The summed E-state index contributed by atoms with van der Waals surface area (Å²) in [4.78, 5) is 18.5. The van der Waals surface area contributed by atoms with E-state index in [1.807, 2.05) is 57.2 Å². The Morgan fingerprint density at radius 1 is 1.17 bits per heavy atom. The Labute approximate surface area is 180 Å². The number of ether oxygens (including phenoxy) is 2. The van der Waals surface area contributed by atoms with E-state index in [4.69, 9.17) is 13.9 Å². The molecule has 0 aliphatic heterocycles. The number of oxazole rings is 1. The number of nitrogens with zero attached hydrogens (tertiary/aromatic N) is 1. The second-order valence-electron chi connectivity index (χ2n) is 7.13. The molecule has 0 aliphatic rings. The maximum atomic E-state index is 11.7. The van der Waals surface area contributed by atoms with Crippen molar-refractivity contribution in [1.29, 1.82) is 0 Å². The minimum atomic E-state index is -1.20. The van der Waals surface area contributed by atoms with Crippen LogP contribution in [0.1, 0.15) is 42.2 Å². The van der Waals surface area contributed by atoms with Crippen LogP contribution in [0, 0.1) is 13.8 Å². The maximum Gasteiger partial charge on any atom is 0.336 e. The lowest BCUT2D eigenvalue weighted by molar-refractivity contribution is -0.166. The van der Waals surface area contributed by atoms with Gasteiger partial charge in [-0.15, -0.1) is 11.3 Å². The van der Waals surface area contributed by atoms with Crippen LogP contribution < -0.4 is 4.74 Å². The summed E-state index contributed by atoms with van der Waals surface area (Å²) in [5.74, 6) is 1.09. The van der Waals surface area contributed by atoms with Gasteiger partial charge in [0.2, 0.25) is 5.89 Å². The zero-order chi connectivity index (χ0) is 21.7. The molecule has 0 fully saturated rings.